The summed E-state index contributed by atoms with van der Waals surface area (Å²) in [6, 6.07) is 8.23. The minimum Gasteiger partial charge on any atom is -0.354 e. The van der Waals surface area contributed by atoms with Crippen LogP contribution in [0.15, 0.2) is 36.5 Å². The van der Waals surface area contributed by atoms with E-state index < -0.39 is 5.82 Å². The van der Waals surface area contributed by atoms with E-state index in [0.29, 0.717) is 33.9 Å². The third-order valence-electron chi connectivity index (χ3n) is 5.23. The number of piperidine rings is 1. The highest BCUT2D eigenvalue weighted by atomic mass is 35.5. The van der Waals surface area contributed by atoms with Crippen LogP contribution in [0.1, 0.15) is 35.8 Å². The van der Waals surface area contributed by atoms with E-state index in [0.717, 1.165) is 31.6 Å². The molecule has 5 nitrogen and oxygen atoms in total. The zero-order valence-corrected chi connectivity index (χ0v) is 17.1. The van der Waals surface area contributed by atoms with Gasteiger partial charge in [0.05, 0.1) is 16.3 Å². The number of hydrogen-bond acceptors (Lipinski definition) is 4. The highest BCUT2D eigenvalue weighted by molar-refractivity contribution is 6.30. The number of pyridine rings is 2. The van der Waals surface area contributed by atoms with E-state index in [1.807, 2.05) is 24.0 Å². The molecule has 1 atom stereocenters. The van der Waals surface area contributed by atoms with Crippen LogP contribution in [-0.2, 0) is 0 Å². The van der Waals surface area contributed by atoms with Gasteiger partial charge in [0.2, 0.25) is 0 Å². The molecule has 1 unspecified atom stereocenters. The molecule has 150 valence electrons. The molecule has 1 aromatic carbocycles. The zero-order chi connectivity index (χ0) is 20.5. The molecule has 1 N–H and O–H groups in total. The van der Waals surface area contributed by atoms with Crippen molar-refractivity contribution in [3.05, 3.63) is 58.6 Å². The molecule has 0 saturated carbocycles. The summed E-state index contributed by atoms with van der Waals surface area (Å²) in [6.45, 7) is 5.48. The van der Waals surface area contributed by atoms with Crippen LogP contribution in [0, 0.1) is 18.7 Å². The van der Waals surface area contributed by atoms with E-state index in [2.05, 4.69) is 22.2 Å². The summed E-state index contributed by atoms with van der Waals surface area (Å²) in [5.41, 5.74) is 2.89. The maximum atomic E-state index is 14.0. The van der Waals surface area contributed by atoms with Crippen molar-refractivity contribution < 1.29 is 9.18 Å². The molecule has 1 amide bonds. The topological polar surface area (TPSA) is 58.1 Å². The van der Waals surface area contributed by atoms with Crippen LogP contribution < -0.4 is 5.32 Å². The average Bonchev–Trinajstić information content (AvgIpc) is 2.70. The van der Waals surface area contributed by atoms with Crippen molar-refractivity contribution in [1.82, 2.24) is 14.9 Å². The minimum absolute atomic E-state index is 0.0473. The van der Waals surface area contributed by atoms with Crippen LogP contribution in [0.25, 0.3) is 11.0 Å². The van der Waals surface area contributed by atoms with Gasteiger partial charge in [0.25, 0.3) is 5.91 Å². The largest absolute Gasteiger partial charge is 0.354 e. The van der Waals surface area contributed by atoms with Crippen molar-refractivity contribution in [2.75, 3.05) is 18.4 Å². The van der Waals surface area contributed by atoms with E-state index in [4.69, 9.17) is 11.6 Å². The fraction of sp³-hybridized carbons (Fsp3) is 0.318. The summed E-state index contributed by atoms with van der Waals surface area (Å²) in [4.78, 5) is 24.1. The van der Waals surface area contributed by atoms with Crippen LogP contribution in [0.5, 0.6) is 0 Å². The van der Waals surface area contributed by atoms with E-state index in [9.17, 15) is 9.18 Å². The highest BCUT2D eigenvalue weighted by Crippen LogP contribution is 2.31. The molecule has 3 aromatic rings. The quantitative estimate of drug-likeness (QED) is 0.630. The third kappa shape index (κ3) is 4.03. The Kier molecular flexibility index (Phi) is 5.37. The molecular weight excluding hydrogens is 391 g/mol. The second-order valence-electron chi connectivity index (χ2n) is 7.62. The van der Waals surface area contributed by atoms with Gasteiger partial charge in [0, 0.05) is 36.1 Å². The van der Waals surface area contributed by atoms with Crippen molar-refractivity contribution in [2.45, 2.75) is 26.7 Å². The van der Waals surface area contributed by atoms with Crippen molar-refractivity contribution in [2.24, 2.45) is 5.92 Å². The number of hydrogen-bond donors (Lipinski definition) is 1. The number of amides is 1. The number of aromatic nitrogens is 2. The number of anilines is 2. The highest BCUT2D eigenvalue weighted by Gasteiger charge is 2.25. The summed E-state index contributed by atoms with van der Waals surface area (Å²) in [5.74, 6) is -0.141. The van der Waals surface area contributed by atoms with Crippen molar-refractivity contribution >= 4 is 39.9 Å². The Labute approximate surface area is 173 Å². The average molecular weight is 413 g/mol. The molecule has 7 heteroatoms. The zero-order valence-electron chi connectivity index (χ0n) is 16.4. The smallest absolute Gasteiger partial charge is 0.257 e. The Morgan fingerprint density at radius 3 is 2.90 bits per heavy atom. The summed E-state index contributed by atoms with van der Waals surface area (Å²) in [7, 11) is 0. The first-order chi connectivity index (χ1) is 13.9. The molecule has 29 heavy (non-hydrogen) atoms. The molecule has 1 aliphatic rings. The fourth-order valence-corrected chi connectivity index (χ4v) is 3.85. The first-order valence-corrected chi connectivity index (χ1v) is 10.1. The van der Waals surface area contributed by atoms with E-state index in [-0.39, 0.29) is 10.9 Å². The maximum absolute atomic E-state index is 14.0. The number of nitrogens with one attached hydrogen (secondary N) is 1. The summed E-state index contributed by atoms with van der Waals surface area (Å²) < 4.78 is 14.0. The molecule has 2 aromatic heterocycles. The van der Waals surface area contributed by atoms with E-state index >= 15 is 0 Å². The lowest BCUT2D eigenvalue weighted by Crippen LogP contribution is -2.39. The molecule has 1 fully saturated rings. The first kappa shape index (κ1) is 19.6. The van der Waals surface area contributed by atoms with Gasteiger partial charge in [-0.25, -0.2) is 14.4 Å². The molecule has 1 aliphatic heterocycles. The number of halogens is 2. The number of carbonyl (C=O) groups is 1. The number of fused-ring (bicyclic) bond motifs is 1. The molecule has 0 spiro atoms. The van der Waals surface area contributed by atoms with E-state index in [1.54, 1.807) is 12.3 Å². The summed E-state index contributed by atoms with van der Waals surface area (Å²) in [5, 5.41) is 3.97. The lowest BCUT2D eigenvalue weighted by molar-refractivity contribution is 0.0684. The van der Waals surface area contributed by atoms with Gasteiger partial charge in [-0.15, -0.1) is 0 Å². The van der Waals surface area contributed by atoms with Crippen molar-refractivity contribution in [1.29, 1.82) is 0 Å². The summed E-state index contributed by atoms with van der Waals surface area (Å²) in [6.07, 6.45) is 3.67. The normalized spacial score (nSPS) is 16.8. The monoisotopic (exact) mass is 412 g/mol. The number of likely N-dealkylation sites (tertiary alicyclic amines) is 1. The van der Waals surface area contributed by atoms with E-state index in [1.165, 1.54) is 12.1 Å². The standard InChI is InChI=1S/C22H22ClFN4O/c1-13-4-3-9-28(12-13)22(29)17-11-25-21-16(7-5-14(2)26-21)20(17)27-15-6-8-18(23)19(24)10-15/h5-8,10-11,13H,3-4,9,12H2,1-2H3,(H,25,26,27). The molecule has 3 heterocycles. The van der Waals surface area contributed by atoms with Gasteiger partial charge in [-0.2, -0.15) is 0 Å². The van der Waals surface area contributed by atoms with Crippen LogP contribution in [-0.4, -0.2) is 33.9 Å². The second kappa shape index (κ2) is 7.95. The van der Waals surface area contributed by atoms with Gasteiger partial charge in [-0.05, 0) is 56.0 Å². The van der Waals surface area contributed by atoms with Gasteiger partial charge in [0.15, 0.2) is 5.65 Å². The van der Waals surface area contributed by atoms with Gasteiger partial charge >= 0.3 is 0 Å². The minimum atomic E-state index is -0.526. The third-order valence-corrected chi connectivity index (χ3v) is 5.54. The van der Waals surface area contributed by atoms with Gasteiger partial charge in [-0.3, -0.25) is 4.79 Å². The predicted molar refractivity (Wildman–Crippen MR) is 113 cm³/mol. The van der Waals surface area contributed by atoms with Crippen LogP contribution in [0.3, 0.4) is 0 Å². The van der Waals surface area contributed by atoms with Gasteiger partial charge < -0.3 is 10.2 Å². The van der Waals surface area contributed by atoms with Crippen LogP contribution in [0.2, 0.25) is 5.02 Å². The van der Waals surface area contributed by atoms with Crippen LogP contribution in [0.4, 0.5) is 15.8 Å². The Morgan fingerprint density at radius 1 is 1.31 bits per heavy atom. The van der Waals surface area contributed by atoms with Crippen molar-refractivity contribution in [3.8, 4) is 0 Å². The van der Waals surface area contributed by atoms with Gasteiger partial charge in [0.1, 0.15) is 5.82 Å². The Balaban J connectivity index is 1.80. The lowest BCUT2D eigenvalue weighted by Gasteiger charge is -2.31. The van der Waals surface area contributed by atoms with Crippen LogP contribution >= 0.6 is 11.6 Å². The Morgan fingerprint density at radius 2 is 2.14 bits per heavy atom. The molecule has 0 bridgehead atoms. The molecule has 0 aliphatic carbocycles. The number of nitrogens with zero attached hydrogens (tertiary/aromatic N) is 3. The number of rotatable bonds is 3. The predicted octanol–water partition coefficient (Wildman–Crippen LogP) is 5.35. The fourth-order valence-electron chi connectivity index (χ4n) is 3.73. The van der Waals surface area contributed by atoms with Crippen molar-refractivity contribution in [3.63, 3.8) is 0 Å². The maximum Gasteiger partial charge on any atom is 0.257 e. The lowest BCUT2D eigenvalue weighted by atomic mass is 9.99. The first-order valence-electron chi connectivity index (χ1n) is 9.70. The number of carbonyl (C=O) groups excluding carboxylic acids is 1. The molecular formula is C22H22ClFN4O. The Bertz CT molecular complexity index is 1090. The molecule has 0 radical (unpaired) electrons. The summed E-state index contributed by atoms with van der Waals surface area (Å²) >= 11 is 5.81. The van der Waals surface area contributed by atoms with Gasteiger partial charge in [-0.1, -0.05) is 18.5 Å². The molecule has 1 saturated heterocycles. The number of aryl methyl sites for hydroxylation is 1. The molecule has 4 rings (SSSR count). The Hall–Kier alpha value is -2.73. The SMILES string of the molecule is Cc1ccc2c(Nc3ccc(Cl)c(F)c3)c(C(=O)N3CCCC(C)C3)cnc2n1. The number of benzene rings is 1. The second-order valence-corrected chi connectivity index (χ2v) is 8.03.